The molecular formula is C18H23N3O5. The lowest BCUT2D eigenvalue weighted by molar-refractivity contribution is -0.137. The van der Waals surface area contributed by atoms with E-state index in [0.29, 0.717) is 26.0 Å². The molecule has 1 aliphatic carbocycles. The van der Waals surface area contributed by atoms with Crippen molar-refractivity contribution in [1.29, 1.82) is 0 Å². The van der Waals surface area contributed by atoms with Gasteiger partial charge >= 0.3 is 12.1 Å². The van der Waals surface area contributed by atoms with Crippen molar-refractivity contribution in [1.82, 2.24) is 4.90 Å². The number of rotatable bonds is 6. The van der Waals surface area contributed by atoms with Crippen LogP contribution in [-0.2, 0) is 20.9 Å². The number of hydrogen-bond donors (Lipinski definition) is 2. The number of ether oxygens (including phenoxy) is 2. The predicted octanol–water partition coefficient (Wildman–Crippen LogP) is 1.71. The summed E-state index contributed by atoms with van der Waals surface area (Å²) in [5, 5.41) is 12.4. The Morgan fingerprint density at radius 1 is 1.38 bits per heavy atom. The highest BCUT2D eigenvalue weighted by molar-refractivity contribution is 5.79. The first-order valence-electron chi connectivity index (χ1n) is 8.63. The average molecular weight is 361 g/mol. The third-order valence-electron chi connectivity index (χ3n) is 4.90. The maximum Gasteiger partial charge on any atom is 0.411 e. The van der Waals surface area contributed by atoms with Crippen LogP contribution < -0.4 is 5.84 Å². The Kier molecular flexibility index (Phi) is 5.41. The molecule has 8 nitrogen and oxygen atoms in total. The van der Waals surface area contributed by atoms with Gasteiger partial charge in [0, 0.05) is 0 Å². The fraction of sp³-hybridized carbons (Fsp3) is 0.500. The Morgan fingerprint density at radius 2 is 2.08 bits per heavy atom. The van der Waals surface area contributed by atoms with Gasteiger partial charge < -0.3 is 20.4 Å². The lowest BCUT2D eigenvalue weighted by atomic mass is 9.83. The fourth-order valence-corrected chi connectivity index (χ4v) is 3.52. The van der Waals surface area contributed by atoms with Crippen molar-refractivity contribution < 1.29 is 24.2 Å². The molecular weight excluding hydrogens is 338 g/mol. The summed E-state index contributed by atoms with van der Waals surface area (Å²) < 4.78 is 11.5. The van der Waals surface area contributed by atoms with E-state index < -0.39 is 17.7 Å². The van der Waals surface area contributed by atoms with Crippen LogP contribution in [0.5, 0.6) is 0 Å². The van der Waals surface area contributed by atoms with Gasteiger partial charge in [-0.2, -0.15) is 5.10 Å². The molecule has 1 saturated heterocycles. The van der Waals surface area contributed by atoms with Gasteiger partial charge in [0.25, 0.3) is 0 Å². The van der Waals surface area contributed by atoms with E-state index in [2.05, 4.69) is 5.10 Å². The second kappa shape index (κ2) is 7.74. The minimum absolute atomic E-state index is 0.109. The molecule has 0 atom stereocenters. The van der Waals surface area contributed by atoms with Gasteiger partial charge in [-0.3, -0.25) is 9.69 Å². The maximum absolute atomic E-state index is 11.8. The van der Waals surface area contributed by atoms with Crippen LogP contribution in [0.4, 0.5) is 4.79 Å². The maximum atomic E-state index is 11.8. The summed E-state index contributed by atoms with van der Waals surface area (Å²) in [4.78, 5) is 23.9. The predicted molar refractivity (Wildman–Crippen MR) is 93.7 cm³/mol. The third-order valence-corrected chi connectivity index (χ3v) is 4.90. The first-order chi connectivity index (χ1) is 12.5. The van der Waals surface area contributed by atoms with Crippen LogP contribution in [0.15, 0.2) is 29.4 Å². The number of amides is 1. The Morgan fingerprint density at radius 3 is 2.69 bits per heavy atom. The molecule has 3 rings (SSSR count). The minimum atomic E-state index is -1.03. The highest BCUT2D eigenvalue weighted by atomic mass is 16.6. The fourth-order valence-electron chi connectivity index (χ4n) is 3.52. The molecule has 0 unspecified atom stereocenters. The molecule has 3 N–H and O–H groups in total. The molecule has 2 aliphatic rings. The topological polar surface area (TPSA) is 114 Å². The molecule has 1 amide bonds. The third kappa shape index (κ3) is 4.32. The summed E-state index contributed by atoms with van der Waals surface area (Å²) in [6.45, 7) is 0.545. The minimum Gasteiger partial charge on any atom is -0.480 e. The monoisotopic (exact) mass is 361 g/mol. The summed E-state index contributed by atoms with van der Waals surface area (Å²) in [6, 6.07) is 7.81. The van der Waals surface area contributed by atoms with E-state index in [4.69, 9.17) is 20.4 Å². The Labute approximate surface area is 151 Å². The molecule has 1 aliphatic heterocycles. The molecule has 26 heavy (non-hydrogen) atoms. The van der Waals surface area contributed by atoms with Crippen molar-refractivity contribution in [3.05, 3.63) is 35.4 Å². The van der Waals surface area contributed by atoms with Gasteiger partial charge in [0.1, 0.15) is 12.1 Å². The number of nitrogens with zero attached hydrogens (tertiary/aromatic N) is 2. The number of hydrogen-bond acceptors (Lipinski definition) is 6. The molecule has 8 heteroatoms. The highest BCUT2D eigenvalue weighted by Crippen LogP contribution is 2.38. The van der Waals surface area contributed by atoms with Gasteiger partial charge in [0.2, 0.25) is 0 Å². The Bertz CT molecular complexity index is 681. The molecule has 1 heterocycles. The van der Waals surface area contributed by atoms with Crippen LogP contribution in [0.2, 0.25) is 0 Å². The Balaban J connectivity index is 1.47. The Hall–Kier alpha value is -2.61. The molecule has 1 spiro atoms. The summed E-state index contributed by atoms with van der Waals surface area (Å²) >= 11 is 0. The van der Waals surface area contributed by atoms with Crippen LogP contribution in [0.25, 0.3) is 0 Å². The van der Waals surface area contributed by atoms with E-state index in [9.17, 15) is 9.59 Å². The molecule has 1 saturated carbocycles. The lowest BCUT2D eigenvalue weighted by Gasteiger charge is -2.35. The van der Waals surface area contributed by atoms with E-state index >= 15 is 0 Å². The van der Waals surface area contributed by atoms with Gasteiger partial charge in [-0.15, -0.1) is 0 Å². The van der Waals surface area contributed by atoms with E-state index in [-0.39, 0.29) is 12.6 Å². The summed E-state index contributed by atoms with van der Waals surface area (Å²) in [5.41, 5.74) is 1.44. The van der Waals surface area contributed by atoms with E-state index in [1.807, 2.05) is 24.3 Å². The van der Waals surface area contributed by atoms with Gasteiger partial charge in [-0.05, 0) is 36.8 Å². The quantitative estimate of drug-likeness (QED) is 0.453. The second-order valence-electron chi connectivity index (χ2n) is 6.83. The van der Waals surface area contributed by atoms with Gasteiger partial charge in [0.15, 0.2) is 0 Å². The molecule has 0 aromatic heterocycles. The van der Waals surface area contributed by atoms with Crippen LogP contribution >= 0.6 is 0 Å². The number of carbonyl (C=O) groups is 2. The van der Waals surface area contributed by atoms with E-state index in [0.717, 1.165) is 24.0 Å². The van der Waals surface area contributed by atoms with Crippen LogP contribution in [0.1, 0.15) is 36.8 Å². The van der Waals surface area contributed by atoms with Crippen molar-refractivity contribution in [2.24, 2.45) is 10.9 Å². The number of carboxylic acid groups (broad SMARTS) is 1. The average Bonchev–Trinajstić information content (AvgIpc) is 2.90. The smallest absolute Gasteiger partial charge is 0.411 e. The zero-order valence-electron chi connectivity index (χ0n) is 14.5. The molecule has 0 radical (unpaired) electrons. The number of carbonyl (C=O) groups excluding carboxylic acids is 1. The normalized spacial score (nSPS) is 25.8. The van der Waals surface area contributed by atoms with Crippen LogP contribution in [0.3, 0.4) is 0 Å². The zero-order chi connectivity index (χ0) is 18.6. The first kappa shape index (κ1) is 18.2. The van der Waals surface area contributed by atoms with Crippen LogP contribution in [-0.4, -0.2) is 53.1 Å². The van der Waals surface area contributed by atoms with E-state index in [1.165, 1.54) is 4.90 Å². The van der Waals surface area contributed by atoms with Gasteiger partial charge in [0.05, 0.1) is 25.5 Å². The lowest BCUT2D eigenvalue weighted by Crippen LogP contribution is -2.41. The van der Waals surface area contributed by atoms with Gasteiger partial charge in [-0.1, -0.05) is 24.3 Å². The number of hydrazone groups is 1. The number of carboxylic acids is 1. The highest BCUT2D eigenvalue weighted by Gasteiger charge is 2.47. The van der Waals surface area contributed by atoms with Crippen molar-refractivity contribution in [2.45, 2.75) is 44.0 Å². The van der Waals surface area contributed by atoms with Crippen molar-refractivity contribution in [3.8, 4) is 0 Å². The number of nitrogens with two attached hydrogens (primary N) is 1. The van der Waals surface area contributed by atoms with Gasteiger partial charge in [-0.25, -0.2) is 4.79 Å². The summed E-state index contributed by atoms with van der Waals surface area (Å²) in [7, 11) is 0. The SMILES string of the molecule is NN=Cc1ccc(COC2CCC3(CC2)CN(CC(=O)O)C(=O)O3)cc1. The zero-order valence-corrected chi connectivity index (χ0v) is 14.5. The molecule has 2 fully saturated rings. The molecule has 1 aromatic carbocycles. The molecule has 0 bridgehead atoms. The van der Waals surface area contributed by atoms with E-state index in [1.54, 1.807) is 6.21 Å². The largest absolute Gasteiger partial charge is 0.480 e. The summed E-state index contributed by atoms with van der Waals surface area (Å²) in [5.74, 6) is 4.10. The van der Waals surface area contributed by atoms with Crippen molar-refractivity contribution in [3.63, 3.8) is 0 Å². The standard InChI is InChI=1S/C18H23N3O5/c19-20-9-13-1-3-14(4-2-13)11-25-15-5-7-18(8-6-15)12-21(10-16(22)23)17(24)26-18/h1-4,9,15H,5-8,10-12,19H2,(H,22,23). The first-order valence-corrected chi connectivity index (χ1v) is 8.63. The summed E-state index contributed by atoms with van der Waals surface area (Å²) in [6.07, 6.45) is 4.10. The van der Waals surface area contributed by atoms with Crippen molar-refractivity contribution in [2.75, 3.05) is 13.1 Å². The van der Waals surface area contributed by atoms with Crippen molar-refractivity contribution >= 4 is 18.3 Å². The number of aliphatic carboxylic acids is 1. The second-order valence-corrected chi connectivity index (χ2v) is 6.83. The van der Waals surface area contributed by atoms with Crippen LogP contribution in [0, 0.1) is 0 Å². The molecule has 1 aromatic rings. The number of benzene rings is 1. The molecule has 140 valence electrons.